The Balaban J connectivity index is 1.62. The predicted octanol–water partition coefficient (Wildman–Crippen LogP) is 3.45. The molecule has 0 radical (unpaired) electrons. The van der Waals surface area contributed by atoms with E-state index >= 15 is 0 Å². The highest BCUT2D eigenvalue weighted by molar-refractivity contribution is 7.09. The van der Waals surface area contributed by atoms with Crippen LogP contribution in [0.1, 0.15) is 36.9 Å². The van der Waals surface area contributed by atoms with Gasteiger partial charge in [-0.1, -0.05) is 12.1 Å². The van der Waals surface area contributed by atoms with Crippen LogP contribution in [-0.2, 0) is 11.3 Å². The van der Waals surface area contributed by atoms with Crippen molar-refractivity contribution in [2.75, 3.05) is 40.5 Å². The molecule has 2 heterocycles. The quantitative estimate of drug-likeness (QED) is 0.523. The number of aryl methyl sites for hydroxylation is 1. The molecule has 1 aromatic heterocycles. The molecule has 1 saturated heterocycles. The Morgan fingerprint density at radius 2 is 1.74 bits per heavy atom. The monoisotopic (exact) mass is 495 g/mol. The number of hydrogen-bond acceptors (Lipinski definition) is 6. The Bertz CT molecular complexity index is 1300. The van der Waals surface area contributed by atoms with Gasteiger partial charge in [-0.05, 0) is 49.7 Å². The van der Waals surface area contributed by atoms with E-state index in [1.807, 2.05) is 47.6 Å². The van der Waals surface area contributed by atoms with Crippen LogP contribution in [0.25, 0.3) is 0 Å². The zero-order valence-corrected chi connectivity index (χ0v) is 21.2. The van der Waals surface area contributed by atoms with Gasteiger partial charge in [0.1, 0.15) is 0 Å². The largest absolute Gasteiger partial charge is 0.493 e. The van der Waals surface area contributed by atoms with Crippen molar-refractivity contribution < 1.29 is 23.8 Å². The van der Waals surface area contributed by atoms with E-state index in [0.29, 0.717) is 60.3 Å². The first-order chi connectivity index (χ1) is 16.9. The van der Waals surface area contributed by atoms with Gasteiger partial charge in [-0.25, -0.2) is 0 Å². The Labute approximate surface area is 208 Å². The molecule has 9 heteroatoms. The van der Waals surface area contributed by atoms with Crippen molar-refractivity contribution in [3.8, 4) is 11.5 Å². The zero-order chi connectivity index (χ0) is 24.9. The molecule has 4 rings (SSSR count). The second-order valence-electron chi connectivity index (χ2n) is 8.20. The predicted molar refractivity (Wildman–Crippen MR) is 133 cm³/mol. The fraction of sp³-hybridized carbons (Fsp3) is 0.346. The minimum absolute atomic E-state index is 0.00640. The summed E-state index contributed by atoms with van der Waals surface area (Å²) < 4.78 is 17.9. The summed E-state index contributed by atoms with van der Waals surface area (Å²) in [5.74, 6) is 0.666. The van der Waals surface area contributed by atoms with Crippen molar-refractivity contribution in [2.45, 2.75) is 20.4 Å². The van der Waals surface area contributed by atoms with Crippen molar-refractivity contribution in [1.29, 1.82) is 0 Å². The molecule has 2 aromatic carbocycles. The normalized spacial score (nSPS) is 14.2. The van der Waals surface area contributed by atoms with Crippen LogP contribution in [0.5, 0.6) is 11.5 Å². The molecule has 3 aromatic rings. The van der Waals surface area contributed by atoms with E-state index < -0.39 is 0 Å². The molecule has 1 aliphatic rings. The standard InChI is InChI=1S/C26H29N3O5S/c1-17-18(2)35-26(27-24(30)20-8-9-22(32-3)23(15-20)33-4)29(17)16-19-6-5-7-21(14-19)25(31)28-10-12-34-13-11-28/h5-9,14-15H,10-13,16H2,1-4H3. The number of amides is 2. The van der Waals surface area contributed by atoms with Gasteiger partial charge in [0, 0.05) is 34.8 Å². The van der Waals surface area contributed by atoms with Crippen molar-refractivity contribution in [3.05, 3.63) is 74.5 Å². The van der Waals surface area contributed by atoms with Gasteiger partial charge in [0.25, 0.3) is 11.8 Å². The Hall–Kier alpha value is -3.43. The van der Waals surface area contributed by atoms with Crippen LogP contribution in [-0.4, -0.2) is 61.8 Å². The SMILES string of the molecule is COc1ccc(C(=O)N=c2sc(C)c(C)n2Cc2cccc(C(=O)N3CCOCC3)c2)cc1OC. The molecule has 0 saturated carbocycles. The topological polar surface area (TPSA) is 82.4 Å². The molecule has 0 spiro atoms. The fourth-order valence-electron chi connectivity index (χ4n) is 3.92. The lowest BCUT2D eigenvalue weighted by Gasteiger charge is -2.27. The number of carbonyl (C=O) groups is 2. The Morgan fingerprint density at radius 3 is 2.46 bits per heavy atom. The van der Waals surface area contributed by atoms with Crippen LogP contribution < -0.4 is 14.3 Å². The minimum atomic E-state index is -0.364. The molecule has 0 unspecified atom stereocenters. The summed E-state index contributed by atoms with van der Waals surface area (Å²) >= 11 is 1.46. The second-order valence-corrected chi connectivity index (χ2v) is 9.39. The lowest BCUT2D eigenvalue weighted by atomic mass is 10.1. The number of thiazole rings is 1. The van der Waals surface area contributed by atoms with E-state index in [2.05, 4.69) is 4.99 Å². The minimum Gasteiger partial charge on any atom is -0.493 e. The third kappa shape index (κ3) is 5.47. The second kappa shape index (κ2) is 10.9. The van der Waals surface area contributed by atoms with Crippen LogP contribution >= 0.6 is 11.3 Å². The van der Waals surface area contributed by atoms with Gasteiger partial charge >= 0.3 is 0 Å². The smallest absolute Gasteiger partial charge is 0.279 e. The third-order valence-electron chi connectivity index (χ3n) is 6.03. The van der Waals surface area contributed by atoms with Crippen molar-refractivity contribution in [1.82, 2.24) is 9.47 Å². The first-order valence-electron chi connectivity index (χ1n) is 11.3. The summed E-state index contributed by atoms with van der Waals surface area (Å²) in [6, 6.07) is 12.6. The number of rotatable bonds is 6. The molecule has 0 aliphatic carbocycles. The number of benzene rings is 2. The molecular weight excluding hydrogens is 466 g/mol. The average molecular weight is 496 g/mol. The van der Waals surface area contributed by atoms with Crippen molar-refractivity contribution in [3.63, 3.8) is 0 Å². The lowest BCUT2D eigenvalue weighted by Crippen LogP contribution is -2.40. The molecule has 1 aliphatic heterocycles. The molecule has 1 fully saturated rings. The van der Waals surface area contributed by atoms with E-state index in [4.69, 9.17) is 14.2 Å². The van der Waals surface area contributed by atoms with Gasteiger partial charge in [0.2, 0.25) is 0 Å². The third-order valence-corrected chi connectivity index (χ3v) is 7.13. The van der Waals surface area contributed by atoms with Crippen LogP contribution in [0.2, 0.25) is 0 Å². The number of morpholine rings is 1. The highest BCUT2D eigenvalue weighted by Gasteiger charge is 2.19. The Kier molecular flexibility index (Phi) is 7.67. The number of nitrogens with zero attached hydrogens (tertiary/aromatic N) is 3. The molecule has 0 bridgehead atoms. The summed E-state index contributed by atoms with van der Waals surface area (Å²) in [6.07, 6.45) is 0. The van der Waals surface area contributed by atoms with E-state index in [0.717, 1.165) is 16.1 Å². The zero-order valence-electron chi connectivity index (χ0n) is 20.4. The fourth-order valence-corrected chi connectivity index (χ4v) is 4.90. The summed E-state index contributed by atoms with van der Waals surface area (Å²) in [5.41, 5.74) is 3.05. The molecule has 0 N–H and O–H groups in total. The van der Waals surface area contributed by atoms with Gasteiger partial charge in [0.05, 0.1) is 34.0 Å². The van der Waals surface area contributed by atoms with E-state index in [1.165, 1.54) is 18.4 Å². The van der Waals surface area contributed by atoms with Gasteiger partial charge in [0.15, 0.2) is 16.3 Å². The van der Waals surface area contributed by atoms with Crippen molar-refractivity contribution in [2.24, 2.45) is 4.99 Å². The van der Waals surface area contributed by atoms with Crippen molar-refractivity contribution >= 4 is 23.2 Å². The van der Waals surface area contributed by atoms with Gasteiger partial charge in [-0.3, -0.25) is 9.59 Å². The number of methoxy groups -OCH3 is 2. The van der Waals surface area contributed by atoms with Crippen LogP contribution in [0.3, 0.4) is 0 Å². The van der Waals surface area contributed by atoms with E-state index in [1.54, 1.807) is 25.3 Å². The van der Waals surface area contributed by atoms with Crippen LogP contribution in [0.15, 0.2) is 47.5 Å². The van der Waals surface area contributed by atoms with E-state index in [-0.39, 0.29) is 11.8 Å². The molecule has 0 atom stereocenters. The van der Waals surface area contributed by atoms with E-state index in [9.17, 15) is 9.59 Å². The number of hydrogen-bond donors (Lipinski definition) is 0. The molecule has 35 heavy (non-hydrogen) atoms. The molecule has 184 valence electrons. The first kappa shape index (κ1) is 24.7. The highest BCUT2D eigenvalue weighted by atomic mass is 32.1. The van der Waals surface area contributed by atoms with Gasteiger partial charge in [-0.2, -0.15) is 4.99 Å². The highest BCUT2D eigenvalue weighted by Crippen LogP contribution is 2.27. The summed E-state index contributed by atoms with van der Waals surface area (Å²) in [6.45, 7) is 6.84. The Morgan fingerprint density at radius 1 is 1.00 bits per heavy atom. The van der Waals surface area contributed by atoms with Crippen LogP contribution in [0, 0.1) is 13.8 Å². The lowest BCUT2D eigenvalue weighted by molar-refractivity contribution is 0.0303. The summed E-state index contributed by atoms with van der Waals surface area (Å²) in [7, 11) is 3.08. The molecular formula is C26H29N3O5S. The summed E-state index contributed by atoms with van der Waals surface area (Å²) in [5, 5.41) is 0. The molecule has 2 amide bonds. The number of carbonyl (C=O) groups excluding carboxylic acids is 2. The van der Waals surface area contributed by atoms with Crippen LogP contribution in [0.4, 0.5) is 0 Å². The average Bonchev–Trinajstić information content (AvgIpc) is 3.15. The first-order valence-corrected chi connectivity index (χ1v) is 12.2. The number of ether oxygens (including phenoxy) is 3. The maximum atomic E-state index is 13.0. The van der Waals surface area contributed by atoms with Gasteiger partial charge < -0.3 is 23.7 Å². The maximum Gasteiger partial charge on any atom is 0.279 e. The summed E-state index contributed by atoms with van der Waals surface area (Å²) in [4.78, 5) is 33.8. The maximum absolute atomic E-state index is 13.0. The van der Waals surface area contributed by atoms with Gasteiger partial charge in [-0.15, -0.1) is 11.3 Å². The number of aromatic nitrogens is 1. The molecule has 8 nitrogen and oxygen atoms in total.